The van der Waals surface area contributed by atoms with Crippen molar-refractivity contribution in [1.29, 1.82) is 0 Å². The van der Waals surface area contributed by atoms with Crippen molar-refractivity contribution in [1.82, 2.24) is 9.97 Å². The predicted octanol–water partition coefficient (Wildman–Crippen LogP) is 0.733. The molecule has 0 spiro atoms. The summed E-state index contributed by atoms with van der Waals surface area (Å²) in [6.07, 6.45) is 3.10. The summed E-state index contributed by atoms with van der Waals surface area (Å²) in [5, 5.41) is 0. The molecule has 1 saturated heterocycles. The van der Waals surface area contributed by atoms with Crippen molar-refractivity contribution in [3.05, 3.63) is 16.0 Å². The van der Waals surface area contributed by atoms with Crippen LogP contribution in [0.2, 0.25) is 0 Å². The fourth-order valence-electron chi connectivity index (χ4n) is 1.81. The first kappa shape index (κ1) is 13.6. The van der Waals surface area contributed by atoms with Crippen molar-refractivity contribution in [2.24, 2.45) is 5.92 Å². The first-order chi connectivity index (χ1) is 8.35. The van der Waals surface area contributed by atoms with Gasteiger partial charge >= 0.3 is 10.2 Å². The molecule has 0 N–H and O–H groups in total. The molecule has 0 aromatic carbocycles. The van der Waals surface area contributed by atoms with Crippen LogP contribution in [-0.2, 0) is 15.0 Å². The summed E-state index contributed by atoms with van der Waals surface area (Å²) in [4.78, 5) is 20.9. The molecule has 1 fully saturated rings. The lowest BCUT2D eigenvalue weighted by molar-refractivity contribution is -0.117. The number of hydrogen-bond acceptors (Lipinski definition) is 5. The summed E-state index contributed by atoms with van der Waals surface area (Å²) in [6.45, 7) is 0.128. The number of nitrogens with zero attached hydrogens (tertiary/aromatic N) is 3. The third-order valence-corrected chi connectivity index (χ3v) is 3.91. The van der Waals surface area contributed by atoms with Gasteiger partial charge in [-0.3, -0.25) is 9.69 Å². The van der Waals surface area contributed by atoms with E-state index in [0.29, 0.717) is 0 Å². The highest BCUT2D eigenvalue weighted by Crippen LogP contribution is 2.23. The van der Waals surface area contributed by atoms with Crippen molar-refractivity contribution in [3.63, 3.8) is 0 Å². The molecule has 1 amide bonds. The molecule has 1 atom stereocenters. The fourth-order valence-corrected chi connectivity index (χ4v) is 2.88. The molecule has 2 rings (SSSR count). The van der Waals surface area contributed by atoms with Crippen LogP contribution >= 0.6 is 22.6 Å². The minimum atomic E-state index is -4.56. The van der Waals surface area contributed by atoms with E-state index < -0.39 is 21.9 Å². The van der Waals surface area contributed by atoms with Crippen LogP contribution in [0.15, 0.2) is 12.4 Å². The minimum absolute atomic E-state index is 0.00149. The van der Waals surface area contributed by atoms with Crippen LogP contribution in [0.5, 0.6) is 0 Å². The van der Waals surface area contributed by atoms with Gasteiger partial charge in [0.05, 0.1) is 5.75 Å². The topological polar surface area (TPSA) is 80.2 Å². The van der Waals surface area contributed by atoms with E-state index in [1.807, 2.05) is 22.6 Å². The molecule has 0 aliphatic carbocycles. The van der Waals surface area contributed by atoms with Gasteiger partial charge in [-0.25, -0.2) is 9.97 Å². The van der Waals surface area contributed by atoms with Gasteiger partial charge in [0.15, 0.2) is 0 Å². The van der Waals surface area contributed by atoms with Gasteiger partial charge in [-0.15, -0.1) is 3.89 Å². The summed E-state index contributed by atoms with van der Waals surface area (Å²) in [7, 11) is -4.56. The van der Waals surface area contributed by atoms with E-state index in [9.17, 15) is 17.1 Å². The third kappa shape index (κ3) is 3.34. The number of carbonyl (C=O) groups is 1. The highest BCUT2D eigenvalue weighted by Gasteiger charge is 2.34. The first-order valence-electron chi connectivity index (χ1n) is 5.05. The maximum Gasteiger partial charge on any atom is 0.302 e. The predicted molar refractivity (Wildman–Crippen MR) is 70.1 cm³/mol. The van der Waals surface area contributed by atoms with E-state index in [-0.39, 0.29) is 24.8 Å². The van der Waals surface area contributed by atoms with Crippen LogP contribution in [0.1, 0.15) is 6.42 Å². The van der Waals surface area contributed by atoms with Crippen LogP contribution in [0.4, 0.5) is 9.83 Å². The Morgan fingerprint density at radius 3 is 2.61 bits per heavy atom. The van der Waals surface area contributed by atoms with Gasteiger partial charge in [-0.05, 0) is 22.6 Å². The van der Waals surface area contributed by atoms with E-state index in [1.165, 1.54) is 4.90 Å². The number of halogens is 2. The van der Waals surface area contributed by atoms with E-state index in [4.69, 9.17) is 0 Å². The van der Waals surface area contributed by atoms with Crippen molar-refractivity contribution in [3.8, 4) is 0 Å². The SMILES string of the molecule is O=C1CC(CS(=O)(=O)F)CN1c1ncc(I)cn1. The molecule has 6 nitrogen and oxygen atoms in total. The highest BCUT2D eigenvalue weighted by molar-refractivity contribution is 14.1. The van der Waals surface area contributed by atoms with Gasteiger partial charge in [-0.1, -0.05) is 0 Å². The molecule has 0 saturated carbocycles. The minimum Gasteiger partial charge on any atom is -0.280 e. The molecular formula is C9H9FIN3O3S. The van der Waals surface area contributed by atoms with Crippen molar-refractivity contribution >= 4 is 44.7 Å². The highest BCUT2D eigenvalue weighted by atomic mass is 127. The lowest BCUT2D eigenvalue weighted by Gasteiger charge is -2.13. The normalized spacial score (nSPS) is 20.4. The lowest BCUT2D eigenvalue weighted by atomic mass is 10.1. The van der Waals surface area contributed by atoms with Crippen LogP contribution in [0, 0.1) is 9.49 Å². The van der Waals surface area contributed by atoms with Crippen LogP contribution in [-0.4, -0.2) is 36.6 Å². The molecule has 1 unspecified atom stereocenters. The second kappa shape index (κ2) is 5.03. The maximum atomic E-state index is 12.6. The molecular weight excluding hydrogens is 376 g/mol. The average Bonchev–Trinajstić information content (AvgIpc) is 2.58. The molecule has 18 heavy (non-hydrogen) atoms. The largest absolute Gasteiger partial charge is 0.302 e. The molecule has 0 radical (unpaired) electrons. The molecule has 1 aromatic heterocycles. The summed E-state index contributed by atoms with van der Waals surface area (Å²) < 4.78 is 34.5. The van der Waals surface area contributed by atoms with Gasteiger partial charge in [0.1, 0.15) is 0 Å². The Bertz CT molecular complexity index is 563. The summed E-state index contributed by atoms with van der Waals surface area (Å²) in [5.74, 6) is -1.25. The Balaban J connectivity index is 2.12. The summed E-state index contributed by atoms with van der Waals surface area (Å²) in [5.41, 5.74) is 0. The van der Waals surface area contributed by atoms with Crippen molar-refractivity contribution < 1.29 is 17.1 Å². The second-order valence-electron chi connectivity index (χ2n) is 3.98. The number of rotatable bonds is 3. The van der Waals surface area contributed by atoms with Gasteiger partial charge in [0.25, 0.3) is 0 Å². The molecule has 9 heteroatoms. The fraction of sp³-hybridized carbons (Fsp3) is 0.444. The van der Waals surface area contributed by atoms with Gasteiger partial charge in [0.2, 0.25) is 11.9 Å². The molecule has 0 bridgehead atoms. The third-order valence-electron chi connectivity index (χ3n) is 2.49. The molecule has 1 aliphatic rings. The standard InChI is InChI=1S/C9H9FIN3O3S/c10-18(16,17)5-6-1-8(15)14(4-6)9-12-2-7(11)3-13-9/h2-3,6H,1,4-5H2. The zero-order valence-electron chi connectivity index (χ0n) is 9.08. The van der Waals surface area contributed by atoms with Crippen LogP contribution in [0.3, 0.4) is 0 Å². The average molecular weight is 385 g/mol. The van der Waals surface area contributed by atoms with Crippen LogP contribution < -0.4 is 4.90 Å². The van der Waals surface area contributed by atoms with Gasteiger partial charge in [-0.2, -0.15) is 8.42 Å². The van der Waals surface area contributed by atoms with Crippen molar-refractivity contribution in [2.75, 3.05) is 17.2 Å². The first-order valence-corrected chi connectivity index (χ1v) is 7.68. The number of carbonyl (C=O) groups excluding carboxylic acids is 1. The van der Waals surface area contributed by atoms with E-state index in [1.54, 1.807) is 12.4 Å². The lowest BCUT2D eigenvalue weighted by Crippen LogP contribution is -2.27. The molecule has 1 aromatic rings. The van der Waals surface area contributed by atoms with Gasteiger partial charge < -0.3 is 0 Å². The van der Waals surface area contributed by atoms with Crippen LogP contribution in [0.25, 0.3) is 0 Å². The quantitative estimate of drug-likeness (QED) is 0.566. The maximum absolute atomic E-state index is 12.6. The number of hydrogen-bond donors (Lipinski definition) is 0. The van der Waals surface area contributed by atoms with E-state index in [2.05, 4.69) is 9.97 Å². The Hall–Kier alpha value is -0.840. The Morgan fingerprint density at radius 1 is 1.44 bits per heavy atom. The Labute approximate surface area is 117 Å². The van der Waals surface area contributed by atoms with E-state index in [0.717, 1.165) is 3.57 Å². The zero-order chi connectivity index (χ0) is 13.3. The summed E-state index contributed by atoms with van der Waals surface area (Å²) >= 11 is 2.03. The van der Waals surface area contributed by atoms with Crippen molar-refractivity contribution in [2.45, 2.75) is 6.42 Å². The zero-order valence-corrected chi connectivity index (χ0v) is 12.1. The molecule has 98 valence electrons. The number of anilines is 1. The number of amides is 1. The smallest absolute Gasteiger partial charge is 0.280 e. The number of aromatic nitrogens is 2. The molecule has 1 aliphatic heterocycles. The monoisotopic (exact) mass is 385 g/mol. The molecule has 2 heterocycles. The Morgan fingerprint density at radius 2 is 2.06 bits per heavy atom. The second-order valence-corrected chi connectivity index (χ2v) is 6.64. The van der Waals surface area contributed by atoms with E-state index >= 15 is 0 Å². The Kier molecular flexibility index (Phi) is 3.80. The van der Waals surface area contributed by atoms with Gasteiger partial charge in [0, 0.05) is 34.8 Å². The summed E-state index contributed by atoms with van der Waals surface area (Å²) in [6, 6.07) is 0.